The van der Waals surface area contributed by atoms with E-state index in [0.717, 1.165) is 15.4 Å². The van der Waals surface area contributed by atoms with Crippen LogP contribution in [0.4, 0.5) is 0 Å². The Bertz CT molecular complexity index is 570. The molecule has 0 unspecified atom stereocenters. The molecule has 3 N–H and O–H groups in total. The molecule has 0 aliphatic carbocycles. The van der Waals surface area contributed by atoms with Crippen molar-refractivity contribution in [2.75, 3.05) is 0 Å². The minimum Gasteiger partial charge on any atom is -0.476 e. The summed E-state index contributed by atoms with van der Waals surface area (Å²) in [7, 11) is 1.41. The van der Waals surface area contributed by atoms with Gasteiger partial charge in [-0.25, -0.2) is 19.0 Å². The van der Waals surface area contributed by atoms with E-state index in [1.807, 2.05) is 0 Å². The van der Waals surface area contributed by atoms with Gasteiger partial charge in [-0.15, -0.1) is 5.10 Å². The van der Waals surface area contributed by atoms with E-state index in [9.17, 15) is 9.59 Å². The van der Waals surface area contributed by atoms with Crippen LogP contribution < -0.4 is 5.69 Å². The summed E-state index contributed by atoms with van der Waals surface area (Å²) < 4.78 is 2.01. The number of hydrogen-bond acceptors (Lipinski definition) is 5. The van der Waals surface area contributed by atoms with Gasteiger partial charge in [0.05, 0.1) is 0 Å². The first-order valence-electron chi connectivity index (χ1n) is 3.61. The third-order valence-electron chi connectivity index (χ3n) is 1.70. The van der Waals surface area contributed by atoms with E-state index in [2.05, 4.69) is 15.3 Å². The summed E-state index contributed by atoms with van der Waals surface area (Å²) in [5.74, 6) is -1.24. The monoisotopic (exact) mass is 213 g/mol. The first-order valence-corrected chi connectivity index (χ1v) is 3.61. The molecule has 9 nitrogen and oxygen atoms in total. The number of carboxylic acid groups (broad SMARTS) is 1. The van der Waals surface area contributed by atoms with Gasteiger partial charge in [0.1, 0.15) is 6.33 Å². The second-order valence-corrected chi connectivity index (χ2v) is 2.59. The Hall–Kier alpha value is -2.29. The van der Waals surface area contributed by atoms with Crippen LogP contribution in [-0.2, 0) is 7.05 Å². The van der Waals surface area contributed by atoms with Gasteiger partial charge in [0.25, 0.3) is 0 Å². The molecule has 2 heterocycles. The highest BCUT2D eigenvalue weighted by molar-refractivity contribution is 5.91. The predicted molar refractivity (Wildman–Crippen MR) is 46.6 cm³/mol. The Morgan fingerprint density at radius 2 is 2.20 bits per heavy atom. The van der Waals surface area contributed by atoms with Crippen LogP contribution in [0.15, 0.2) is 11.1 Å². The number of fused-ring (bicyclic) bond motifs is 1. The average Bonchev–Trinajstić information content (AvgIpc) is 2.55. The topological polar surface area (TPSA) is 134 Å². The molecule has 0 aliphatic rings. The molecule has 2 aromatic heterocycles. The molecule has 0 aromatic carbocycles. The smallest absolute Gasteiger partial charge is 0.358 e. The van der Waals surface area contributed by atoms with Crippen LogP contribution in [0.25, 0.3) is 5.65 Å². The Morgan fingerprint density at radius 3 is 2.80 bits per heavy atom. The number of carbonyl (C=O) groups is 1. The summed E-state index contributed by atoms with van der Waals surface area (Å²) in [5.41, 5.74) is -0.828. The van der Waals surface area contributed by atoms with Crippen molar-refractivity contribution in [3.8, 4) is 0 Å². The summed E-state index contributed by atoms with van der Waals surface area (Å²) in [5, 5.41) is 15.7. The SMILES string of the molecule is Cn1nnc2c(C(=O)O)ncn2c1=O.O. The highest BCUT2D eigenvalue weighted by atomic mass is 16.4. The number of rotatable bonds is 1. The van der Waals surface area contributed by atoms with E-state index in [4.69, 9.17) is 5.11 Å². The van der Waals surface area contributed by atoms with Gasteiger partial charge in [0.15, 0.2) is 11.3 Å². The molecule has 0 saturated heterocycles. The zero-order valence-electron chi connectivity index (χ0n) is 7.58. The lowest BCUT2D eigenvalue weighted by Crippen LogP contribution is -2.27. The normalized spacial score (nSPS) is 9.93. The van der Waals surface area contributed by atoms with Gasteiger partial charge >= 0.3 is 11.7 Å². The van der Waals surface area contributed by atoms with Gasteiger partial charge in [-0.2, -0.15) is 4.68 Å². The van der Waals surface area contributed by atoms with Crippen LogP contribution in [0.1, 0.15) is 10.5 Å². The third kappa shape index (κ3) is 1.44. The number of imidazole rings is 1. The predicted octanol–water partition coefficient (Wildman–Crippen LogP) is -2.30. The summed E-state index contributed by atoms with van der Waals surface area (Å²) >= 11 is 0. The van der Waals surface area contributed by atoms with Crippen LogP contribution in [-0.4, -0.2) is 40.9 Å². The number of aryl methyl sites for hydroxylation is 1. The summed E-state index contributed by atoms with van der Waals surface area (Å²) in [6.07, 6.45) is 1.11. The standard InChI is InChI=1S/C6H5N5O3.H2O/c1-10-6(14)11-2-7-3(5(12)13)4(11)8-9-10;/h2H,1H3,(H,12,13);1H2. The Labute approximate surface area is 81.9 Å². The van der Waals surface area contributed by atoms with Crippen LogP contribution in [0.3, 0.4) is 0 Å². The molecule has 0 atom stereocenters. The maximum Gasteiger partial charge on any atom is 0.358 e. The van der Waals surface area contributed by atoms with Gasteiger partial charge in [-0.3, -0.25) is 0 Å². The summed E-state index contributed by atoms with van der Waals surface area (Å²) in [6.45, 7) is 0. The number of aromatic carboxylic acids is 1. The molecule has 2 rings (SSSR count). The first-order chi connectivity index (χ1) is 6.61. The minimum absolute atomic E-state index is 0. The summed E-state index contributed by atoms with van der Waals surface area (Å²) in [4.78, 5) is 25.5. The third-order valence-corrected chi connectivity index (χ3v) is 1.70. The van der Waals surface area contributed by atoms with Crippen molar-refractivity contribution < 1.29 is 15.4 Å². The van der Waals surface area contributed by atoms with Crippen LogP contribution in [0.5, 0.6) is 0 Å². The molecule has 0 aliphatic heterocycles. The lowest BCUT2D eigenvalue weighted by molar-refractivity contribution is 0.0693. The van der Waals surface area contributed by atoms with Crippen molar-refractivity contribution in [1.82, 2.24) is 24.4 Å². The highest BCUT2D eigenvalue weighted by Gasteiger charge is 2.15. The van der Waals surface area contributed by atoms with E-state index in [1.165, 1.54) is 7.05 Å². The van der Waals surface area contributed by atoms with E-state index in [-0.39, 0.29) is 16.8 Å². The Balaban J connectivity index is 0.00000112. The van der Waals surface area contributed by atoms with E-state index in [0.29, 0.717) is 0 Å². The quantitative estimate of drug-likeness (QED) is 0.565. The van der Waals surface area contributed by atoms with Gasteiger partial charge in [0, 0.05) is 7.05 Å². The van der Waals surface area contributed by atoms with E-state index < -0.39 is 11.7 Å². The van der Waals surface area contributed by atoms with E-state index >= 15 is 0 Å². The zero-order chi connectivity index (χ0) is 10.3. The van der Waals surface area contributed by atoms with Gasteiger partial charge in [0.2, 0.25) is 0 Å². The van der Waals surface area contributed by atoms with Gasteiger partial charge in [-0.05, 0) is 0 Å². The Kier molecular flexibility index (Phi) is 2.49. The number of aromatic nitrogens is 5. The van der Waals surface area contributed by atoms with Crippen molar-refractivity contribution in [1.29, 1.82) is 0 Å². The van der Waals surface area contributed by atoms with Crippen LogP contribution >= 0.6 is 0 Å². The molecule has 80 valence electrons. The maximum absolute atomic E-state index is 11.4. The van der Waals surface area contributed by atoms with Gasteiger partial charge in [-0.1, -0.05) is 5.21 Å². The number of carboxylic acids is 1. The summed E-state index contributed by atoms with van der Waals surface area (Å²) in [6, 6.07) is 0. The molecule has 0 spiro atoms. The molecule has 0 amide bonds. The van der Waals surface area contributed by atoms with E-state index in [1.54, 1.807) is 0 Å². The molecule has 9 heteroatoms. The average molecular weight is 213 g/mol. The molecule has 0 bridgehead atoms. The lowest BCUT2D eigenvalue weighted by atomic mass is 10.5. The second-order valence-electron chi connectivity index (χ2n) is 2.59. The van der Waals surface area contributed by atoms with Crippen molar-refractivity contribution in [3.63, 3.8) is 0 Å². The second kappa shape index (κ2) is 3.46. The number of hydrogen-bond donors (Lipinski definition) is 1. The molecule has 0 radical (unpaired) electrons. The minimum atomic E-state index is -1.24. The van der Waals surface area contributed by atoms with Crippen LogP contribution in [0.2, 0.25) is 0 Å². The zero-order valence-corrected chi connectivity index (χ0v) is 7.58. The Morgan fingerprint density at radius 1 is 1.53 bits per heavy atom. The largest absolute Gasteiger partial charge is 0.476 e. The molecule has 15 heavy (non-hydrogen) atoms. The number of nitrogens with zero attached hydrogens (tertiary/aromatic N) is 5. The fourth-order valence-electron chi connectivity index (χ4n) is 1.03. The molecule has 2 aromatic rings. The van der Waals surface area contributed by atoms with Crippen molar-refractivity contribution in [2.45, 2.75) is 0 Å². The van der Waals surface area contributed by atoms with Gasteiger partial charge < -0.3 is 10.6 Å². The molecular formula is C6H7N5O4. The maximum atomic E-state index is 11.4. The molecular weight excluding hydrogens is 206 g/mol. The fraction of sp³-hybridized carbons (Fsp3) is 0.167. The lowest BCUT2D eigenvalue weighted by Gasteiger charge is -1.94. The van der Waals surface area contributed by atoms with Crippen molar-refractivity contribution in [2.24, 2.45) is 7.05 Å². The van der Waals surface area contributed by atoms with Crippen molar-refractivity contribution >= 4 is 11.6 Å². The fourth-order valence-corrected chi connectivity index (χ4v) is 1.03. The highest BCUT2D eigenvalue weighted by Crippen LogP contribution is 2.01. The van der Waals surface area contributed by atoms with Crippen LogP contribution in [0, 0.1) is 0 Å². The molecule has 0 saturated carbocycles. The van der Waals surface area contributed by atoms with Crippen molar-refractivity contribution in [3.05, 3.63) is 22.5 Å². The molecule has 0 fully saturated rings. The first kappa shape index (κ1) is 10.8.